The first-order valence-corrected chi connectivity index (χ1v) is 17.0. The van der Waals surface area contributed by atoms with Gasteiger partial charge in [-0.25, -0.2) is 4.57 Å². The van der Waals surface area contributed by atoms with Gasteiger partial charge in [-0.3, -0.25) is 19.5 Å². The van der Waals surface area contributed by atoms with E-state index in [1.807, 2.05) is 0 Å². The lowest BCUT2D eigenvalue weighted by molar-refractivity contribution is -0.384. The molecule has 0 aromatic heterocycles. The SMILES string of the molecule is CC1(C)O[C@@H]2C(O[Si](C)(C)C(C)(C)C)[C@@H]3OC(C)(C)O[C@H]3C(OP(=O)(O)Oc3ccc([N+](=O)[O-])cc3)[C@@H]2O1. The molecule has 3 fully saturated rings. The summed E-state index contributed by atoms with van der Waals surface area (Å²) in [6.07, 6.45) is -4.71. The lowest BCUT2D eigenvalue weighted by atomic mass is 9.85. The first-order valence-electron chi connectivity index (χ1n) is 12.5. The molecule has 38 heavy (non-hydrogen) atoms. The molecule has 0 radical (unpaired) electrons. The molecule has 2 heterocycles. The second kappa shape index (κ2) is 9.60. The van der Waals surface area contributed by atoms with Crippen molar-refractivity contribution < 1.29 is 46.8 Å². The van der Waals surface area contributed by atoms with Crippen molar-refractivity contribution >= 4 is 21.8 Å². The summed E-state index contributed by atoms with van der Waals surface area (Å²) >= 11 is 0. The van der Waals surface area contributed by atoms with Gasteiger partial charge in [0, 0.05) is 12.1 Å². The second-order valence-electron chi connectivity index (χ2n) is 12.4. The van der Waals surface area contributed by atoms with Gasteiger partial charge in [-0.1, -0.05) is 20.8 Å². The smallest absolute Gasteiger partial charge is 0.408 e. The molecule has 12 nitrogen and oxygen atoms in total. The average Bonchev–Trinajstić information content (AvgIpc) is 3.24. The predicted molar refractivity (Wildman–Crippen MR) is 138 cm³/mol. The van der Waals surface area contributed by atoms with Gasteiger partial charge in [0.05, 0.1) is 4.92 Å². The van der Waals surface area contributed by atoms with Crippen molar-refractivity contribution in [3.63, 3.8) is 0 Å². The summed E-state index contributed by atoms with van der Waals surface area (Å²) in [6.45, 7) is 17.6. The number of fused-ring (bicyclic) bond motifs is 2. The largest absolute Gasteiger partial charge is 0.527 e. The van der Waals surface area contributed by atoms with Crippen molar-refractivity contribution in [3.8, 4) is 5.75 Å². The van der Waals surface area contributed by atoms with Gasteiger partial charge in [-0.2, -0.15) is 0 Å². The molecule has 4 rings (SSSR count). The summed E-state index contributed by atoms with van der Waals surface area (Å²) < 4.78 is 55.9. The fourth-order valence-electron chi connectivity index (χ4n) is 4.73. The predicted octanol–water partition coefficient (Wildman–Crippen LogP) is 4.90. The number of ether oxygens (including phenoxy) is 4. The number of hydrogen-bond donors (Lipinski definition) is 1. The highest BCUT2D eigenvalue weighted by Crippen LogP contribution is 2.53. The van der Waals surface area contributed by atoms with Crippen LogP contribution in [0.25, 0.3) is 0 Å². The van der Waals surface area contributed by atoms with Crippen LogP contribution in [-0.4, -0.2) is 66.3 Å². The normalized spacial score (nSPS) is 33.7. The highest BCUT2D eigenvalue weighted by atomic mass is 31.2. The van der Waals surface area contributed by atoms with Crippen LogP contribution in [-0.2, 0) is 32.5 Å². The van der Waals surface area contributed by atoms with Gasteiger partial charge >= 0.3 is 7.82 Å². The van der Waals surface area contributed by atoms with E-state index in [0.29, 0.717) is 0 Å². The Kier molecular flexibility index (Phi) is 7.47. The molecule has 2 aliphatic heterocycles. The molecule has 2 saturated heterocycles. The number of phosphoric ester groups is 1. The van der Waals surface area contributed by atoms with Gasteiger partial charge in [0.15, 0.2) is 19.9 Å². The Labute approximate surface area is 223 Å². The minimum Gasteiger partial charge on any atom is -0.408 e. The standard InChI is InChI=1S/C24H38NO11PSi/c1-22(2,3)38(8,9)36-21-18-16(30-23(4,5)32-18)20(17-19(21)33-24(6,7)31-17)35-37(28,29)34-15-12-10-14(11-13-15)25(26)27/h10-13,16-21H,1-9H3,(H,28,29)/t16-,17-,18-,19+,20?,21?/m1/s1. The minimum absolute atomic E-state index is 0.0719. The van der Waals surface area contributed by atoms with Crippen molar-refractivity contribution in [1.82, 2.24) is 0 Å². The Morgan fingerprint density at radius 3 is 1.74 bits per heavy atom. The molecule has 1 aromatic carbocycles. The third-order valence-electron chi connectivity index (χ3n) is 7.38. The summed E-state index contributed by atoms with van der Waals surface area (Å²) in [5.74, 6) is -2.13. The summed E-state index contributed by atoms with van der Waals surface area (Å²) in [6, 6.07) is 4.77. The molecule has 1 N–H and O–H groups in total. The highest BCUT2D eigenvalue weighted by molar-refractivity contribution is 7.47. The molecule has 0 amide bonds. The van der Waals surface area contributed by atoms with E-state index >= 15 is 0 Å². The second-order valence-corrected chi connectivity index (χ2v) is 18.4. The van der Waals surface area contributed by atoms with Crippen molar-refractivity contribution in [2.24, 2.45) is 0 Å². The van der Waals surface area contributed by atoms with Gasteiger partial charge in [-0.05, 0) is 58.0 Å². The number of phosphoric acid groups is 1. The average molecular weight is 576 g/mol. The number of non-ortho nitro benzene ring substituents is 1. The van der Waals surface area contributed by atoms with E-state index in [2.05, 4.69) is 33.9 Å². The van der Waals surface area contributed by atoms with Crippen LogP contribution in [0.4, 0.5) is 5.69 Å². The Bertz CT molecular complexity index is 1070. The topological polar surface area (TPSA) is 145 Å². The summed E-state index contributed by atoms with van der Waals surface area (Å²) in [5.41, 5.74) is -0.186. The zero-order chi connectivity index (χ0) is 28.5. The van der Waals surface area contributed by atoms with Crippen LogP contribution in [0.2, 0.25) is 18.1 Å². The molecule has 214 valence electrons. The van der Waals surface area contributed by atoms with E-state index in [0.717, 1.165) is 12.1 Å². The number of nitro benzene ring substituents is 1. The lowest BCUT2D eigenvalue weighted by Crippen LogP contribution is -2.65. The maximum atomic E-state index is 13.2. The Balaban J connectivity index is 1.65. The number of rotatable bonds is 7. The molecular formula is C24H38NO11PSi. The van der Waals surface area contributed by atoms with Crippen molar-refractivity contribution in [2.45, 2.75) is 115 Å². The van der Waals surface area contributed by atoms with Crippen LogP contribution >= 0.6 is 7.82 Å². The van der Waals surface area contributed by atoms with Crippen molar-refractivity contribution in [3.05, 3.63) is 34.4 Å². The molecule has 7 atom stereocenters. The van der Waals surface area contributed by atoms with Gasteiger partial charge in [0.1, 0.15) is 42.4 Å². The molecule has 14 heteroatoms. The number of nitro groups is 1. The van der Waals surface area contributed by atoms with Crippen LogP contribution in [0.15, 0.2) is 24.3 Å². The monoisotopic (exact) mass is 575 g/mol. The molecule has 0 bridgehead atoms. The molecule has 1 saturated carbocycles. The number of hydrogen-bond acceptors (Lipinski definition) is 10. The van der Waals surface area contributed by atoms with E-state index in [9.17, 15) is 19.6 Å². The zero-order valence-corrected chi connectivity index (χ0v) is 25.1. The van der Waals surface area contributed by atoms with E-state index in [-0.39, 0.29) is 16.5 Å². The van der Waals surface area contributed by atoms with E-state index < -0.39 is 69.3 Å². The quantitative estimate of drug-likeness (QED) is 0.205. The molecule has 1 aromatic rings. The fraction of sp³-hybridized carbons (Fsp3) is 0.750. The van der Waals surface area contributed by atoms with Crippen molar-refractivity contribution in [2.75, 3.05) is 0 Å². The van der Waals surface area contributed by atoms with Crippen LogP contribution < -0.4 is 4.52 Å². The summed E-state index contributed by atoms with van der Waals surface area (Å²) in [7, 11) is -7.09. The van der Waals surface area contributed by atoms with E-state index in [1.165, 1.54) is 12.1 Å². The van der Waals surface area contributed by atoms with E-state index in [1.54, 1.807) is 27.7 Å². The van der Waals surface area contributed by atoms with Gasteiger partial charge in [-0.15, -0.1) is 0 Å². The Hall–Kier alpha value is -1.41. The van der Waals surface area contributed by atoms with Crippen molar-refractivity contribution in [1.29, 1.82) is 0 Å². The van der Waals surface area contributed by atoms with E-state index in [4.69, 9.17) is 32.4 Å². The highest BCUT2D eigenvalue weighted by Gasteiger charge is 2.66. The lowest BCUT2D eigenvalue weighted by Gasteiger charge is -2.47. The first-order chi connectivity index (χ1) is 17.2. The maximum Gasteiger partial charge on any atom is 0.527 e. The maximum absolute atomic E-state index is 13.2. The molecular weight excluding hydrogens is 537 g/mol. The molecule has 0 spiro atoms. The fourth-order valence-corrected chi connectivity index (χ4v) is 7.01. The number of benzene rings is 1. The van der Waals surface area contributed by atoms with Gasteiger partial charge in [0.2, 0.25) is 0 Å². The Morgan fingerprint density at radius 1 is 0.921 bits per heavy atom. The molecule has 1 aliphatic carbocycles. The zero-order valence-electron chi connectivity index (χ0n) is 23.2. The third-order valence-corrected chi connectivity index (χ3v) is 12.8. The summed E-state index contributed by atoms with van der Waals surface area (Å²) in [5, 5.41) is 10.8. The van der Waals surface area contributed by atoms with Gasteiger partial charge in [0.25, 0.3) is 5.69 Å². The molecule has 3 unspecified atom stereocenters. The van der Waals surface area contributed by atoms with Crippen LogP contribution in [0.3, 0.4) is 0 Å². The van der Waals surface area contributed by atoms with Crippen LogP contribution in [0.1, 0.15) is 48.5 Å². The molecule has 3 aliphatic rings. The van der Waals surface area contributed by atoms with Crippen LogP contribution in [0.5, 0.6) is 5.75 Å². The summed E-state index contributed by atoms with van der Waals surface area (Å²) in [4.78, 5) is 21.1. The van der Waals surface area contributed by atoms with Gasteiger partial charge < -0.3 is 27.9 Å². The minimum atomic E-state index is -4.76. The van der Waals surface area contributed by atoms with Crippen LogP contribution in [0, 0.1) is 10.1 Å². The Morgan fingerprint density at radius 2 is 1.34 bits per heavy atom. The first kappa shape index (κ1) is 29.6. The third kappa shape index (κ3) is 6.01. The number of nitrogens with zero attached hydrogens (tertiary/aromatic N) is 1.